The summed E-state index contributed by atoms with van der Waals surface area (Å²) in [5.41, 5.74) is 1.84. The third kappa shape index (κ3) is 4.32. The molecular formula is C29H19N3O5. The van der Waals surface area contributed by atoms with E-state index in [1.807, 2.05) is 36.4 Å². The highest BCUT2D eigenvalue weighted by Gasteiger charge is 2.18. The normalized spacial score (nSPS) is 12.2. The number of para-hydroxylation sites is 2. The molecule has 0 amide bonds. The van der Waals surface area contributed by atoms with Crippen LogP contribution in [0.1, 0.15) is 15.9 Å². The van der Waals surface area contributed by atoms with Crippen LogP contribution in [0.2, 0.25) is 0 Å². The van der Waals surface area contributed by atoms with Crippen LogP contribution < -0.4 is 19.8 Å². The first-order chi connectivity index (χ1) is 18.2. The van der Waals surface area contributed by atoms with Gasteiger partial charge in [0.2, 0.25) is 6.79 Å². The summed E-state index contributed by atoms with van der Waals surface area (Å²) < 4.78 is 17.6. The summed E-state index contributed by atoms with van der Waals surface area (Å²) in [5, 5.41) is 4.93. The van der Waals surface area contributed by atoms with Crippen molar-refractivity contribution < 1.29 is 19.0 Å². The van der Waals surface area contributed by atoms with Gasteiger partial charge >= 0.3 is 5.97 Å². The van der Waals surface area contributed by atoms with Crippen LogP contribution in [0.25, 0.3) is 22.3 Å². The van der Waals surface area contributed by atoms with Gasteiger partial charge in [-0.3, -0.25) is 4.79 Å². The molecule has 0 spiro atoms. The molecule has 4 aromatic carbocycles. The Labute approximate surface area is 211 Å². The first kappa shape index (κ1) is 22.2. The van der Waals surface area contributed by atoms with Crippen molar-refractivity contribution in [2.24, 2.45) is 5.10 Å². The molecule has 0 saturated carbocycles. The lowest BCUT2D eigenvalue weighted by Crippen LogP contribution is -2.20. The van der Waals surface area contributed by atoms with Crippen LogP contribution in [0.4, 0.5) is 0 Å². The average Bonchev–Trinajstić information content (AvgIpc) is 3.42. The molecule has 1 aromatic heterocycles. The maximum Gasteiger partial charge on any atom is 0.343 e. The van der Waals surface area contributed by atoms with Gasteiger partial charge in [-0.15, -0.1) is 0 Å². The topological polar surface area (TPSA) is 92.0 Å². The van der Waals surface area contributed by atoms with E-state index >= 15 is 0 Å². The summed E-state index contributed by atoms with van der Waals surface area (Å²) in [5.74, 6) is 1.19. The van der Waals surface area contributed by atoms with E-state index in [9.17, 15) is 9.59 Å². The zero-order chi connectivity index (χ0) is 25.2. The van der Waals surface area contributed by atoms with Crippen LogP contribution in [0, 0.1) is 0 Å². The Morgan fingerprint density at radius 1 is 0.892 bits per heavy atom. The van der Waals surface area contributed by atoms with Crippen molar-refractivity contribution in [1.29, 1.82) is 0 Å². The van der Waals surface area contributed by atoms with Crippen LogP contribution in [0.3, 0.4) is 0 Å². The van der Waals surface area contributed by atoms with Crippen LogP contribution in [-0.2, 0) is 0 Å². The first-order valence-electron chi connectivity index (χ1n) is 11.5. The van der Waals surface area contributed by atoms with Crippen LogP contribution in [0.5, 0.6) is 17.2 Å². The van der Waals surface area contributed by atoms with E-state index in [2.05, 4.69) is 5.10 Å². The quantitative estimate of drug-likeness (QED) is 0.198. The second-order valence-electron chi connectivity index (χ2n) is 8.18. The van der Waals surface area contributed by atoms with Gasteiger partial charge < -0.3 is 14.2 Å². The molecule has 0 fully saturated rings. The van der Waals surface area contributed by atoms with E-state index in [0.717, 1.165) is 5.56 Å². The largest absolute Gasteiger partial charge is 0.454 e. The number of fused-ring (bicyclic) bond motifs is 2. The lowest BCUT2D eigenvalue weighted by molar-refractivity contribution is 0.0734. The molecule has 0 aliphatic carbocycles. The van der Waals surface area contributed by atoms with Crippen molar-refractivity contribution in [3.63, 3.8) is 0 Å². The van der Waals surface area contributed by atoms with Crippen molar-refractivity contribution in [3.8, 4) is 28.6 Å². The zero-order valence-electron chi connectivity index (χ0n) is 19.4. The number of rotatable bonds is 5. The highest BCUT2D eigenvalue weighted by molar-refractivity contribution is 5.94. The van der Waals surface area contributed by atoms with Gasteiger partial charge in [0.25, 0.3) is 5.56 Å². The van der Waals surface area contributed by atoms with Gasteiger partial charge in [-0.25, -0.2) is 9.78 Å². The van der Waals surface area contributed by atoms with Gasteiger partial charge in [-0.2, -0.15) is 9.78 Å². The van der Waals surface area contributed by atoms with Gasteiger partial charge in [0, 0.05) is 11.1 Å². The summed E-state index contributed by atoms with van der Waals surface area (Å²) in [6.07, 6.45) is 1.48. The number of ether oxygens (including phenoxy) is 3. The average molecular weight is 489 g/mol. The molecular weight excluding hydrogens is 470 g/mol. The van der Waals surface area contributed by atoms with Gasteiger partial charge in [0.05, 0.1) is 22.7 Å². The summed E-state index contributed by atoms with van der Waals surface area (Å²) in [4.78, 5) is 30.9. The monoisotopic (exact) mass is 489 g/mol. The van der Waals surface area contributed by atoms with Crippen LogP contribution >= 0.6 is 0 Å². The minimum absolute atomic E-state index is 0.112. The molecule has 37 heavy (non-hydrogen) atoms. The Balaban J connectivity index is 1.37. The minimum atomic E-state index is -0.561. The lowest BCUT2D eigenvalue weighted by atomic mass is 10.2. The molecule has 1 aliphatic rings. The Kier molecular flexibility index (Phi) is 5.67. The molecule has 0 radical (unpaired) electrons. The number of aromatic nitrogens is 2. The molecule has 6 rings (SSSR count). The molecule has 2 heterocycles. The van der Waals surface area contributed by atoms with Gasteiger partial charge in [-0.05, 0) is 42.5 Å². The first-order valence-corrected chi connectivity index (χ1v) is 11.5. The predicted molar refractivity (Wildman–Crippen MR) is 138 cm³/mol. The smallest absolute Gasteiger partial charge is 0.343 e. The fraction of sp³-hybridized carbons (Fsp3) is 0.0345. The van der Waals surface area contributed by atoms with Crippen LogP contribution in [0.15, 0.2) is 107 Å². The van der Waals surface area contributed by atoms with E-state index in [0.29, 0.717) is 39.4 Å². The van der Waals surface area contributed by atoms with Crippen molar-refractivity contribution in [2.75, 3.05) is 6.79 Å². The Morgan fingerprint density at radius 3 is 2.54 bits per heavy atom. The highest BCUT2D eigenvalue weighted by atomic mass is 16.7. The summed E-state index contributed by atoms with van der Waals surface area (Å²) in [7, 11) is 0. The van der Waals surface area contributed by atoms with Crippen molar-refractivity contribution in [3.05, 3.63) is 119 Å². The number of carbonyl (C=O) groups is 1. The minimum Gasteiger partial charge on any atom is -0.454 e. The lowest BCUT2D eigenvalue weighted by Gasteiger charge is -2.10. The fourth-order valence-electron chi connectivity index (χ4n) is 3.99. The Hall–Kier alpha value is -5.24. The number of hydrogen-bond acceptors (Lipinski definition) is 7. The van der Waals surface area contributed by atoms with Gasteiger partial charge in [0.1, 0.15) is 5.75 Å². The third-order valence-corrected chi connectivity index (χ3v) is 5.83. The predicted octanol–water partition coefficient (Wildman–Crippen LogP) is 4.89. The maximum absolute atomic E-state index is 13.4. The van der Waals surface area contributed by atoms with E-state index in [1.165, 1.54) is 10.9 Å². The van der Waals surface area contributed by atoms with Gasteiger partial charge in [0.15, 0.2) is 17.3 Å². The molecule has 5 aromatic rings. The van der Waals surface area contributed by atoms with E-state index < -0.39 is 5.97 Å². The summed E-state index contributed by atoms with van der Waals surface area (Å²) in [6, 6.07) is 28.3. The summed E-state index contributed by atoms with van der Waals surface area (Å²) >= 11 is 0. The highest BCUT2D eigenvalue weighted by Crippen LogP contribution is 2.33. The molecule has 180 valence electrons. The number of carbonyl (C=O) groups excluding carboxylic acids is 1. The molecule has 0 unspecified atom stereocenters. The van der Waals surface area contributed by atoms with E-state index in [-0.39, 0.29) is 18.1 Å². The standard InChI is InChI=1S/C29H19N3O5/c33-28-22-11-5-6-12-23(22)31-27(19-8-2-1-3-9-19)32(28)30-17-21-10-4-7-13-24(21)37-29(34)20-14-15-25-26(16-20)36-18-35-25/h1-17H,18H2. The third-order valence-electron chi connectivity index (χ3n) is 5.83. The molecule has 8 heteroatoms. The SMILES string of the molecule is O=C(Oc1ccccc1C=Nn1c(-c2ccccc2)nc2ccccc2c1=O)c1ccc2c(c1)OCO2. The number of esters is 1. The van der Waals surface area contributed by atoms with Crippen LogP contribution in [-0.4, -0.2) is 28.6 Å². The zero-order valence-corrected chi connectivity index (χ0v) is 19.4. The Bertz CT molecular complexity index is 1730. The Morgan fingerprint density at radius 2 is 1.65 bits per heavy atom. The second kappa shape index (κ2) is 9.43. The molecule has 1 aliphatic heterocycles. The molecule has 0 saturated heterocycles. The summed E-state index contributed by atoms with van der Waals surface area (Å²) in [6.45, 7) is 0.112. The molecule has 0 bridgehead atoms. The second-order valence-corrected chi connectivity index (χ2v) is 8.18. The van der Waals surface area contributed by atoms with Gasteiger partial charge in [-0.1, -0.05) is 54.6 Å². The van der Waals surface area contributed by atoms with Crippen molar-refractivity contribution >= 4 is 23.1 Å². The van der Waals surface area contributed by atoms with E-state index in [1.54, 1.807) is 60.7 Å². The molecule has 0 atom stereocenters. The van der Waals surface area contributed by atoms with Crippen molar-refractivity contribution in [1.82, 2.24) is 9.66 Å². The van der Waals surface area contributed by atoms with Crippen molar-refractivity contribution in [2.45, 2.75) is 0 Å². The number of benzene rings is 4. The number of hydrogen-bond donors (Lipinski definition) is 0. The molecule has 8 nitrogen and oxygen atoms in total. The number of nitrogens with zero attached hydrogens (tertiary/aromatic N) is 3. The maximum atomic E-state index is 13.4. The fourth-order valence-corrected chi connectivity index (χ4v) is 3.99. The van der Waals surface area contributed by atoms with E-state index in [4.69, 9.17) is 19.2 Å². The molecule has 0 N–H and O–H groups in total.